The lowest BCUT2D eigenvalue weighted by Crippen LogP contribution is -2.50. The highest BCUT2D eigenvalue weighted by molar-refractivity contribution is 4.88. The van der Waals surface area contributed by atoms with Gasteiger partial charge in [-0.05, 0) is 24.8 Å². The molecule has 2 rings (SSSR count). The van der Waals surface area contributed by atoms with E-state index in [1.165, 1.54) is 39.0 Å². The summed E-state index contributed by atoms with van der Waals surface area (Å²) >= 11 is 0. The maximum Gasteiger partial charge on any atom is 0.0113 e. The van der Waals surface area contributed by atoms with Crippen LogP contribution >= 0.6 is 0 Å². The minimum atomic E-state index is 0.280. The molecule has 1 saturated heterocycles. The van der Waals surface area contributed by atoms with Crippen LogP contribution in [0.4, 0.5) is 0 Å². The largest absolute Gasteiger partial charge is 0.330 e. The molecule has 0 radical (unpaired) electrons. The van der Waals surface area contributed by atoms with Crippen LogP contribution in [0.3, 0.4) is 0 Å². The number of nitrogens with two attached hydrogens (primary N) is 1. The first kappa shape index (κ1) is 11.4. The molecule has 3 nitrogen and oxygen atoms in total. The van der Waals surface area contributed by atoms with Crippen LogP contribution in [0, 0.1) is 5.41 Å². The molecule has 15 heavy (non-hydrogen) atoms. The van der Waals surface area contributed by atoms with Crippen LogP contribution < -0.4 is 5.73 Å². The maximum absolute atomic E-state index is 5.77. The number of hydrogen-bond acceptors (Lipinski definition) is 3. The van der Waals surface area contributed by atoms with Crippen LogP contribution in [-0.2, 0) is 0 Å². The monoisotopic (exact) mass is 211 g/mol. The number of rotatable bonds is 4. The van der Waals surface area contributed by atoms with Gasteiger partial charge in [0.2, 0.25) is 0 Å². The molecule has 2 aliphatic rings. The molecule has 0 bridgehead atoms. The summed E-state index contributed by atoms with van der Waals surface area (Å²) in [4.78, 5) is 5.23. The predicted molar refractivity (Wildman–Crippen MR) is 63.9 cm³/mol. The zero-order chi connectivity index (χ0) is 10.9. The molecule has 0 aromatic rings. The quantitative estimate of drug-likeness (QED) is 0.745. The predicted octanol–water partition coefficient (Wildman–Crippen LogP) is 0.751. The Balaban J connectivity index is 1.73. The lowest BCUT2D eigenvalue weighted by molar-refractivity contribution is 0.0951. The molecule has 0 aromatic heterocycles. The Morgan fingerprint density at radius 1 is 1.13 bits per heavy atom. The van der Waals surface area contributed by atoms with Gasteiger partial charge in [-0.3, -0.25) is 4.90 Å². The minimum Gasteiger partial charge on any atom is -0.330 e. The lowest BCUT2D eigenvalue weighted by Gasteiger charge is -2.38. The van der Waals surface area contributed by atoms with Crippen molar-refractivity contribution < 1.29 is 0 Å². The van der Waals surface area contributed by atoms with E-state index in [9.17, 15) is 0 Å². The Labute approximate surface area is 93.6 Å². The van der Waals surface area contributed by atoms with Crippen LogP contribution in [0.15, 0.2) is 0 Å². The number of piperazine rings is 1. The minimum absolute atomic E-state index is 0.280. The van der Waals surface area contributed by atoms with Gasteiger partial charge in [0, 0.05) is 38.8 Å². The van der Waals surface area contributed by atoms with Gasteiger partial charge >= 0.3 is 0 Å². The normalized spacial score (nSPS) is 25.8. The highest BCUT2D eigenvalue weighted by Crippen LogP contribution is 2.27. The summed E-state index contributed by atoms with van der Waals surface area (Å²) in [5.74, 6) is 0. The third-order valence-electron chi connectivity index (χ3n) is 3.67. The van der Waals surface area contributed by atoms with Crippen molar-refractivity contribution in [1.82, 2.24) is 9.80 Å². The molecule has 1 saturated carbocycles. The summed E-state index contributed by atoms with van der Waals surface area (Å²) in [6.07, 6.45) is 2.88. The van der Waals surface area contributed by atoms with Gasteiger partial charge in [-0.25, -0.2) is 0 Å². The summed E-state index contributed by atoms with van der Waals surface area (Å²) < 4.78 is 0. The van der Waals surface area contributed by atoms with Crippen molar-refractivity contribution in [2.45, 2.75) is 32.7 Å². The van der Waals surface area contributed by atoms with Crippen molar-refractivity contribution in [2.24, 2.45) is 11.1 Å². The Morgan fingerprint density at radius 2 is 1.73 bits per heavy atom. The van der Waals surface area contributed by atoms with E-state index in [4.69, 9.17) is 5.73 Å². The number of hydrogen-bond donors (Lipinski definition) is 1. The van der Waals surface area contributed by atoms with Gasteiger partial charge in [-0.2, -0.15) is 0 Å². The first-order chi connectivity index (χ1) is 7.11. The molecule has 0 amide bonds. The third kappa shape index (κ3) is 3.16. The second-order valence-corrected chi connectivity index (χ2v) is 5.91. The molecule has 2 N–H and O–H groups in total. The standard InChI is InChI=1S/C12H25N3/c1-12(2,9-13)10-14-5-7-15(8-6-14)11-3-4-11/h11H,3-10,13H2,1-2H3. The second-order valence-electron chi connectivity index (χ2n) is 5.91. The molecule has 0 unspecified atom stereocenters. The fourth-order valence-electron chi connectivity index (χ4n) is 2.40. The van der Waals surface area contributed by atoms with Gasteiger partial charge < -0.3 is 10.6 Å². The van der Waals surface area contributed by atoms with Crippen molar-refractivity contribution in [1.29, 1.82) is 0 Å². The van der Waals surface area contributed by atoms with E-state index in [0.29, 0.717) is 0 Å². The SMILES string of the molecule is CC(C)(CN)CN1CCN(C2CC2)CC1. The average molecular weight is 211 g/mol. The third-order valence-corrected chi connectivity index (χ3v) is 3.67. The van der Waals surface area contributed by atoms with E-state index >= 15 is 0 Å². The maximum atomic E-state index is 5.77. The molecule has 0 aromatic carbocycles. The lowest BCUT2D eigenvalue weighted by atomic mass is 9.93. The Hall–Kier alpha value is -0.120. The van der Waals surface area contributed by atoms with E-state index in [2.05, 4.69) is 23.6 Å². The molecular formula is C12H25N3. The van der Waals surface area contributed by atoms with Crippen molar-refractivity contribution in [3.8, 4) is 0 Å². The van der Waals surface area contributed by atoms with Gasteiger partial charge in [0.25, 0.3) is 0 Å². The van der Waals surface area contributed by atoms with Crippen molar-refractivity contribution in [3.63, 3.8) is 0 Å². The number of nitrogens with zero attached hydrogens (tertiary/aromatic N) is 2. The summed E-state index contributed by atoms with van der Waals surface area (Å²) in [6.45, 7) is 11.5. The van der Waals surface area contributed by atoms with Crippen LogP contribution in [0.5, 0.6) is 0 Å². The van der Waals surface area contributed by atoms with E-state index in [0.717, 1.165) is 19.1 Å². The first-order valence-corrected chi connectivity index (χ1v) is 6.27. The highest BCUT2D eigenvalue weighted by atomic mass is 15.3. The molecular weight excluding hydrogens is 186 g/mol. The Bertz CT molecular complexity index is 203. The van der Waals surface area contributed by atoms with Gasteiger partial charge in [0.05, 0.1) is 0 Å². The van der Waals surface area contributed by atoms with Gasteiger partial charge in [0.1, 0.15) is 0 Å². The summed E-state index contributed by atoms with van der Waals surface area (Å²) in [5, 5.41) is 0. The fourth-order valence-corrected chi connectivity index (χ4v) is 2.40. The molecule has 1 aliphatic carbocycles. The van der Waals surface area contributed by atoms with Gasteiger partial charge in [-0.1, -0.05) is 13.8 Å². The van der Waals surface area contributed by atoms with E-state index in [1.807, 2.05) is 0 Å². The molecule has 0 atom stereocenters. The Morgan fingerprint density at radius 3 is 2.20 bits per heavy atom. The Kier molecular flexibility index (Phi) is 3.33. The van der Waals surface area contributed by atoms with Crippen molar-refractivity contribution in [3.05, 3.63) is 0 Å². The van der Waals surface area contributed by atoms with E-state index in [-0.39, 0.29) is 5.41 Å². The summed E-state index contributed by atoms with van der Waals surface area (Å²) in [7, 11) is 0. The first-order valence-electron chi connectivity index (χ1n) is 6.27. The summed E-state index contributed by atoms with van der Waals surface area (Å²) in [6, 6.07) is 0.940. The molecule has 1 aliphatic heterocycles. The summed E-state index contributed by atoms with van der Waals surface area (Å²) in [5.41, 5.74) is 6.05. The van der Waals surface area contributed by atoms with Crippen molar-refractivity contribution >= 4 is 0 Å². The molecule has 2 fully saturated rings. The van der Waals surface area contributed by atoms with E-state index in [1.54, 1.807) is 0 Å². The highest BCUT2D eigenvalue weighted by Gasteiger charge is 2.32. The van der Waals surface area contributed by atoms with Gasteiger partial charge in [0.15, 0.2) is 0 Å². The van der Waals surface area contributed by atoms with Crippen LogP contribution in [0.2, 0.25) is 0 Å². The fraction of sp³-hybridized carbons (Fsp3) is 1.00. The van der Waals surface area contributed by atoms with Gasteiger partial charge in [-0.15, -0.1) is 0 Å². The molecule has 0 spiro atoms. The molecule has 1 heterocycles. The van der Waals surface area contributed by atoms with Crippen molar-refractivity contribution in [2.75, 3.05) is 39.3 Å². The smallest absolute Gasteiger partial charge is 0.0113 e. The van der Waals surface area contributed by atoms with Crippen LogP contribution in [-0.4, -0.2) is 55.1 Å². The second kappa shape index (κ2) is 4.40. The molecule has 3 heteroatoms. The zero-order valence-corrected chi connectivity index (χ0v) is 10.2. The average Bonchev–Trinajstić information content (AvgIpc) is 3.02. The topological polar surface area (TPSA) is 32.5 Å². The molecule has 88 valence electrons. The van der Waals surface area contributed by atoms with Crippen LogP contribution in [0.25, 0.3) is 0 Å². The zero-order valence-electron chi connectivity index (χ0n) is 10.2. The van der Waals surface area contributed by atoms with E-state index < -0.39 is 0 Å². The van der Waals surface area contributed by atoms with Crippen LogP contribution in [0.1, 0.15) is 26.7 Å².